The quantitative estimate of drug-likeness (QED) is 0.458. The third-order valence-corrected chi connectivity index (χ3v) is 3.97. The van der Waals surface area contributed by atoms with Gasteiger partial charge in [-0.1, -0.05) is 30.3 Å². The maximum Gasteiger partial charge on any atom is 0.225 e. The first-order valence-electron chi connectivity index (χ1n) is 8.82. The number of aryl methyl sites for hydroxylation is 1. The van der Waals surface area contributed by atoms with Crippen LogP contribution in [-0.2, 0) is 6.54 Å². The van der Waals surface area contributed by atoms with Crippen LogP contribution in [0.25, 0.3) is 0 Å². The Bertz CT molecular complexity index is 945. The Morgan fingerprint density at radius 1 is 1.00 bits per heavy atom. The largest absolute Gasteiger partial charge is 0.497 e. The minimum absolute atomic E-state index is 0.542. The lowest BCUT2D eigenvalue weighted by Crippen LogP contribution is -2.06. The fraction of sp³-hybridized carbons (Fsp3) is 0.190. The van der Waals surface area contributed by atoms with Crippen LogP contribution in [-0.4, -0.2) is 30.4 Å². The van der Waals surface area contributed by atoms with Crippen molar-refractivity contribution >= 4 is 18.0 Å². The number of hydrogen-bond donors (Lipinski definition) is 2. The number of ether oxygens (including phenoxy) is 2. The summed E-state index contributed by atoms with van der Waals surface area (Å²) in [6.07, 6.45) is 1.66. The Labute approximate surface area is 164 Å². The Morgan fingerprint density at radius 2 is 1.82 bits per heavy atom. The van der Waals surface area contributed by atoms with Gasteiger partial charge in [-0.15, -0.1) is 0 Å². The SMILES string of the molecule is COc1ccc(OC)c(C=NNc2cc(C)nc(NCc3ccccc3)n2)c1. The summed E-state index contributed by atoms with van der Waals surface area (Å²) in [5, 5.41) is 7.50. The molecule has 0 bridgehead atoms. The molecule has 144 valence electrons. The highest BCUT2D eigenvalue weighted by molar-refractivity contribution is 5.84. The molecular weight excluding hydrogens is 354 g/mol. The topological polar surface area (TPSA) is 80.7 Å². The summed E-state index contributed by atoms with van der Waals surface area (Å²) in [5.41, 5.74) is 5.73. The van der Waals surface area contributed by atoms with Gasteiger partial charge in [0.15, 0.2) is 5.82 Å². The van der Waals surface area contributed by atoms with E-state index in [1.165, 1.54) is 0 Å². The highest BCUT2D eigenvalue weighted by atomic mass is 16.5. The van der Waals surface area contributed by atoms with Crippen molar-refractivity contribution in [1.82, 2.24) is 9.97 Å². The zero-order chi connectivity index (χ0) is 19.8. The van der Waals surface area contributed by atoms with Crippen molar-refractivity contribution < 1.29 is 9.47 Å². The van der Waals surface area contributed by atoms with E-state index in [1.54, 1.807) is 20.4 Å². The zero-order valence-corrected chi connectivity index (χ0v) is 16.1. The maximum absolute atomic E-state index is 5.35. The van der Waals surface area contributed by atoms with Crippen LogP contribution in [0, 0.1) is 6.92 Å². The number of nitrogens with one attached hydrogen (secondary N) is 2. The summed E-state index contributed by atoms with van der Waals surface area (Å²) < 4.78 is 10.6. The van der Waals surface area contributed by atoms with E-state index >= 15 is 0 Å². The normalized spacial score (nSPS) is 10.7. The number of anilines is 2. The van der Waals surface area contributed by atoms with E-state index in [4.69, 9.17) is 9.47 Å². The van der Waals surface area contributed by atoms with Gasteiger partial charge < -0.3 is 14.8 Å². The second-order valence-electron chi connectivity index (χ2n) is 6.04. The first-order chi connectivity index (χ1) is 13.7. The molecule has 0 aliphatic heterocycles. The molecule has 0 aliphatic rings. The van der Waals surface area contributed by atoms with Gasteiger partial charge in [0.25, 0.3) is 0 Å². The second-order valence-corrected chi connectivity index (χ2v) is 6.04. The van der Waals surface area contributed by atoms with Crippen molar-refractivity contribution in [3.63, 3.8) is 0 Å². The van der Waals surface area contributed by atoms with Crippen LogP contribution < -0.4 is 20.2 Å². The standard InChI is InChI=1S/C21H23N5O2/c1-15-11-20(25-21(24-15)22-13-16-7-5-4-6-8-16)26-23-14-17-12-18(27-2)9-10-19(17)28-3/h4-12,14H,13H2,1-3H3,(H2,22,24,25,26). The average molecular weight is 377 g/mol. The smallest absolute Gasteiger partial charge is 0.225 e. The second kappa shape index (κ2) is 9.36. The van der Waals surface area contributed by atoms with Crippen LogP contribution >= 0.6 is 0 Å². The molecule has 2 N–H and O–H groups in total. The van der Waals surface area contributed by atoms with E-state index in [-0.39, 0.29) is 0 Å². The third-order valence-electron chi connectivity index (χ3n) is 3.97. The summed E-state index contributed by atoms with van der Waals surface area (Å²) in [6, 6.07) is 17.4. The lowest BCUT2D eigenvalue weighted by atomic mass is 10.2. The molecule has 0 atom stereocenters. The fourth-order valence-electron chi connectivity index (χ4n) is 2.59. The Hall–Kier alpha value is -3.61. The van der Waals surface area contributed by atoms with Crippen LogP contribution in [0.3, 0.4) is 0 Å². The summed E-state index contributed by atoms with van der Waals surface area (Å²) in [6.45, 7) is 2.56. The molecule has 7 heteroatoms. The molecule has 2 aromatic carbocycles. The fourth-order valence-corrected chi connectivity index (χ4v) is 2.59. The lowest BCUT2D eigenvalue weighted by molar-refractivity contribution is 0.402. The van der Waals surface area contributed by atoms with Crippen molar-refractivity contribution in [2.24, 2.45) is 5.10 Å². The van der Waals surface area contributed by atoms with Crippen LogP contribution in [0.2, 0.25) is 0 Å². The molecule has 0 radical (unpaired) electrons. The minimum Gasteiger partial charge on any atom is -0.497 e. The monoisotopic (exact) mass is 377 g/mol. The molecule has 3 aromatic rings. The molecule has 0 fully saturated rings. The van der Waals surface area contributed by atoms with E-state index < -0.39 is 0 Å². The molecule has 1 aromatic heterocycles. The van der Waals surface area contributed by atoms with Crippen LogP contribution in [0.4, 0.5) is 11.8 Å². The van der Waals surface area contributed by atoms with E-state index in [9.17, 15) is 0 Å². The Morgan fingerprint density at radius 3 is 2.57 bits per heavy atom. The van der Waals surface area contributed by atoms with E-state index in [0.717, 1.165) is 22.6 Å². The number of aromatic nitrogens is 2. The van der Waals surface area contributed by atoms with Gasteiger partial charge in [0.2, 0.25) is 5.95 Å². The summed E-state index contributed by atoms with van der Waals surface area (Å²) >= 11 is 0. The van der Waals surface area contributed by atoms with E-state index in [0.29, 0.717) is 24.1 Å². The first-order valence-corrected chi connectivity index (χ1v) is 8.82. The molecule has 3 rings (SSSR count). The Balaban J connectivity index is 1.69. The van der Waals surface area contributed by atoms with Crippen LogP contribution in [0.15, 0.2) is 59.7 Å². The number of benzene rings is 2. The van der Waals surface area contributed by atoms with Gasteiger partial charge in [-0.2, -0.15) is 10.1 Å². The number of nitrogens with zero attached hydrogens (tertiary/aromatic N) is 3. The van der Waals surface area contributed by atoms with Gasteiger partial charge in [-0.3, -0.25) is 5.43 Å². The number of methoxy groups -OCH3 is 2. The van der Waals surface area contributed by atoms with Crippen LogP contribution in [0.1, 0.15) is 16.8 Å². The number of hydrogen-bond acceptors (Lipinski definition) is 7. The Kier molecular flexibility index (Phi) is 6.41. The summed E-state index contributed by atoms with van der Waals surface area (Å²) in [4.78, 5) is 8.87. The molecule has 1 heterocycles. The van der Waals surface area contributed by atoms with Gasteiger partial charge >= 0.3 is 0 Å². The maximum atomic E-state index is 5.35. The molecule has 28 heavy (non-hydrogen) atoms. The van der Waals surface area contributed by atoms with Gasteiger partial charge in [0, 0.05) is 23.9 Å². The molecule has 0 amide bonds. The van der Waals surface area contributed by atoms with Gasteiger partial charge in [-0.05, 0) is 30.7 Å². The van der Waals surface area contributed by atoms with Crippen molar-refractivity contribution in [3.8, 4) is 11.5 Å². The van der Waals surface area contributed by atoms with Crippen molar-refractivity contribution in [1.29, 1.82) is 0 Å². The van der Waals surface area contributed by atoms with E-state index in [2.05, 4.69) is 25.8 Å². The van der Waals surface area contributed by atoms with Crippen molar-refractivity contribution in [2.45, 2.75) is 13.5 Å². The highest BCUT2D eigenvalue weighted by Crippen LogP contribution is 2.22. The zero-order valence-electron chi connectivity index (χ0n) is 16.1. The van der Waals surface area contributed by atoms with Crippen molar-refractivity contribution in [3.05, 3.63) is 71.4 Å². The molecule has 0 unspecified atom stereocenters. The molecular formula is C21H23N5O2. The first kappa shape index (κ1) is 19.2. The predicted octanol–water partition coefficient (Wildman–Crippen LogP) is 3.86. The lowest BCUT2D eigenvalue weighted by Gasteiger charge is -2.08. The van der Waals surface area contributed by atoms with Gasteiger partial charge in [0.1, 0.15) is 11.5 Å². The van der Waals surface area contributed by atoms with E-state index in [1.807, 2.05) is 61.5 Å². The van der Waals surface area contributed by atoms with Crippen molar-refractivity contribution in [2.75, 3.05) is 25.0 Å². The average Bonchev–Trinajstić information content (AvgIpc) is 2.72. The third kappa shape index (κ3) is 5.20. The summed E-state index contributed by atoms with van der Waals surface area (Å²) in [5.74, 6) is 2.57. The predicted molar refractivity (Wildman–Crippen MR) is 111 cm³/mol. The molecule has 0 saturated heterocycles. The molecule has 0 spiro atoms. The van der Waals surface area contributed by atoms with Gasteiger partial charge in [0.05, 0.1) is 20.4 Å². The highest BCUT2D eigenvalue weighted by Gasteiger charge is 2.04. The summed E-state index contributed by atoms with van der Waals surface area (Å²) in [7, 11) is 3.24. The van der Waals surface area contributed by atoms with Crippen LogP contribution in [0.5, 0.6) is 11.5 Å². The number of rotatable bonds is 8. The molecule has 7 nitrogen and oxygen atoms in total. The number of hydrazone groups is 1. The van der Waals surface area contributed by atoms with Gasteiger partial charge in [-0.25, -0.2) is 4.98 Å². The minimum atomic E-state index is 0.542. The molecule has 0 saturated carbocycles. The molecule has 0 aliphatic carbocycles.